The SMILES string of the molecule is CC(=O)NC(CSc1nc(N)nc(NC(C)C)n1)C(=O)O. The first-order chi connectivity index (χ1) is 9.77. The molecule has 0 spiro atoms. The Kier molecular flexibility index (Phi) is 6.15. The zero-order valence-corrected chi connectivity index (χ0v) is 12.8. The lowest BCUT2D eigenvalue weighted by Crippen LogP contribution is -2.41. The highest BCUT2D eigenvalue weighted by Gasteiger charge is 2.19. The molecule has 0 saturated heterocycles. The predicted molar refractivity (Wildman–Crippen MR) is 79.0 cm³/mol. The number of nitrogens with zero attached hydrogens (tertiary/aromatic N) is 3. The van der Waals surface area contributed by atoms with Crippen LogP contribution >= 0.6 is 11.8 Å². The number of carbonyl (C=O) groups excluding carboxylic acids is 1. The molecule has 1 aromatic heterocycles. The number of aromatic nitrogens is 3. The van der Waals surface area contributed by atoms with Crippen LogP contribution in [0.1, 0.15) is 20.8 Å². The third-order valence-corrected chi connectivity index (χ3v) is 3.05. The van der Waals surface area contributed by atoms with Gasteiger partial charge in [0.15, 0.2) is 5.16 Å². The minimum Gasteiger partial charge on any atom is -0.480 e. The van der Waals surface area contributed by atoms with Crippen LogP contribution in [-0.2, 0) is 9.59 Å². The molecular weight excluding hydrogens is 296 g/mol. The lowest BCUT2D eigenvalue weighted by Gasteiger charge is -2.13. The van der Waals surface area contributed by atoms with Crippen molar-refractivity contribution < 1.29 is 14.7 Å². The first-order valence-corrected chi connectivity index (χ1v) is 7.17. The number of thioether (sulfide) groups is 1. The Hall–Kier alpha value is -2.10. The minimum atomic E-state index is -1.12. The fraction of sp³-hybridized carbons (Fsp3) is 0.545. The predicted octanol–water partition coefficient (Wildman–Crippen LogP) is -0.0445. The minimum absolute atomic E-state index is 0.0436. The Bertz CT molecular complexity index is 525. The van der Waals surface area contributed by atoms with Crippen LogP contribution in [0.4, 0.5) is 11.9 Å². The van der Waals surface area contributed by atoms with E-state index in [0.29, 0.717) is 11.1 Å². The largest absolute Gasteiger partial charge is 0.480 e. The summed E-state index contributed by atoms with van der Waals surface area (Å²) in [4.78, 5) is 33.9. The van der Waals surface area contributed by atoms with Crippen molar-refractivity contribution in [1.82, 2.24) is 20.3 Å². The molecule has 1 atom stereocenters. The summed E-state index contributed by atoms with van der Waals surface area (Å²) in [6.07, 6.45) is 0. The highest BCUT2D eigenvalue weighted by molar-refractivity contribution is 7.99. The number of nitrogen functional groups attached to an aromatic ring is 1. The van der Waals surface area contributed by atoms with Gasteiger partial charge in [0.1, 0.15) is 6.04 Å². The van der Waals surface area contributed by atoms with E-state index in [9.17, 15) is 9.59 Å². The number of hydrogen-bond acceptors (Lipinski definition) is 8. The summed E-state index contributed by atoms with van der Waals surface area (Å²) in [6, 6.07) is -0.900. The molecule has 0 aliphatic rings. The van der Waals surface area contributed by atoms with Gasteiger partial charge in [-0.2, -0.15) is 15.0 Å². The summed E-state index contributed by atoms with van der Waals surface area (Å²) < 4.78 is 0. The van der Waals surface area contributed by atoms with Crippen LogP contribution < -0.4 is 16.4 Å². The van der Waals surface area contributed by atoms with Crippen molar-refractivity contribution in [2.24, 2.45) is 0 Å². The molecule has 0 fully saturated rings. The van der Waals surface area contributed by atoms with Gasteiger partial charge in [0.2, 0.25) is 17.8 Å². The van der Waals surface area contributed by atoms with Crippen molar-refractivity contribution in [2.75, 3.05) is 16.8 Å². The summed E-state index contributed by atoms with van der Waals surface area (Å²) >= 11 is 1.08. The summed E-state index contributed by atoms with van der Waals surface area (Å²) in [5.41, 5.74) is 5.58. The number of nitrogens with one attached hydrogen (secondary N) is 2. The van der Waals surface area contributed by atoms with E-state index < -0.39 is 17.9 Å². The number of rotatable bonds is 7. The number of amides is 1. The van der Waals surface area contributed by atoms with Gasteiger partial charge in [-0.1, -0.05) is 11.8 Å². The van der Waals surface area contributed by atoms with Gasteiger partial charge in [-0.25, -0.2) is 4.79 Å². The number of hydrogen-bond donors (Lipinski definition) is 4. The molecule has 1 amide bonds. The van der Waals surface area contributed by atoms with E-state index in [-0.39, 0.29) is 17.7 Å². The molecule has 116 valence electrons. The van der Waals surface area contributed by atoms with Gasteiger partial charge in [-0.3, -0.25) is 4.79 Å². The maximum atomic E-state index is 11.0. The van der Waals surface area contributed by atoms with Crippen LogP contribution in [0.25, 0.3) is 0 Å². The second kappa shape index (κ2) is 7.62. The van der Waals surface area contributed by atoms with Crippen LogP contribution in [0.2, 0.25) is 0 Å². The van der Waals surface area contributed by atoms with E-state index in [1.807, 2.05) is 13.8 Å². The summed E-state index contributed by atoms with van der Waals surface area (Å²) in [5.74, 6) is -1.09. The zero-order chi connectivity index (χ0) is 16.0. The van der Waals surface area contributed by atoms with Crippen molar-refractivity contribution in [2.45, 2.75) is 38.0 Å². The van der Waals surface area contributed by atoms with Crippen LogP contribution in [0.3, 0.4) is 0 Å². The number of carboxylic acids is 1. The van der Waals surface area contributed by atoms with E-state index in [1.165, 1.54) is 6.92 Å². The second-order valence-electron chi connectivity index (χ2n) is 4.50. The lowest BCUT2D eigenvalue weighted by atomic mass is 10.3. The molecule has 1 aromatic rings. The molecule has 9 nitrogen and oxygen atoms in total. The molecule has 0 aromatic carbocycles. The van der Waals surface area contributed by atoms with Crippen LogP contribution in [0, 0.1) is 0 Å². The van der Waals surface area contributed by atoms with E-state index >= 15 is 0 Å². The monoisotopic (exact) mass is 314 g/mol. The first kappa shape index (κ1) is 17.0. The van der Waals surface area contributed by atoms with Gasteiger partial charge in [0, 0.05) is 18.7 Å². The van der Waals surface area contributed by atoms with E-state index in [4.69, 9.17) is 10.8 Å². The molecule has 0 radical (unpaired) electrons. The number of nitrogens with two attached hydrogens (primary N) is 1. The maximum Gasteiger partial charge on any atom is 0.327 e. The molecule has 0 bridgehead atoms. The lowest BCUT2D eigenvalue weighted by molar-refractivity contribution is -0.140. The number of anilines is 2. The van der Waals surface area contributed by atoms with Crippen molar-refractivity contribution in [1.29, 1.82) is 0 Å². The molecule has 0 aliphatic carbocycles. The molecule has 21 heavy (non-hydrogen) atoms. The Morgan fingerprint density at radius 3 is 2.52 bits per heavy atom. The van der Waals surface area contributed by atoms with Crippen LogP contribution in [0.15, 0.2) is 5.16 Å². The Morgan fingerprint density at radius 2 is 2.00 bits per heavy atom. The van der Waals surface area contributed by atoms with Crippen LogP contribution in [-0.4, -0.2) is 49.8 Å². The van der Waals surface area contributed by atoms with Crippen molar-refractivity contribution >= 4 is 35.5 Å². The molecule has 0 aliphatic heterocycles. The number of aliphatic carboxylic acids is 1. The second-order valence-corrected chi connectivity index (χ2v) is 5.49. The van der Waals surface area contributed by atoms with Gasteiger partial charge in [-0.15, -0.1) is 0 Å². The average molecular weight is 314 g/mol. The average Bonchev–Trinajstić information content (AvgIpc) is 2.32. The van der Waals surface area contributed by atoms with Gasteiger partial charge < -0.3 is 21.5 Å². The molecule has 5 N–H and O–H groups in total. The van der Waals surface area contributed by atoms with Crippen molar-refractivity contribution in [3.05, 3.63) is 0 Å². The molecule has 1 rings (SSSR count). The first-order valence-electron chi connectivity index (χ1n) is 6.18. The topological polar surface area (TPSA) is 143 Å². The Morgan fingerprint density at radius 1 is 1.33 bits per heavy atom. The van der Waals surface area contributed by atoms with E-state index in [2.05, 4.69) is 25.6 Å². The van der Waals surface area contributed by atoms with Crippen molar-refractivity contribution in [3.8, 4) is 0 Å². The molecule has 1 heterocycles. The van der Waals surface area contributed by atoms with E-state index in [1.54, 1.807) is 0 Å². The molecule has 0 saturated carbocycles. The highest BCUT2D eigenvalue weighted by Crippen LogP contribution is 2.17. The van der Waals surface area contributed by atoms with Crippen LogP contribution in [0.5, 0.6) is 0 Å². The standard InChI is InChI=1S/C11H18N6O3S/c1-5(2)13-10-15-9(12)16-11(17-10)21-4-7(8(19)20)14-6(3)18/h5,7H,4H2,1-3H3,(H,14,18)(H,19,20)(H3,12,13,15,16,17). The Labute approximate surface area is 126 Å². The smallest absolute Gasteiger partial charge is 0.327 e. The molecule has 10 heteroatoms. The Balaban J connectivity index is 2.75. The zero-order valence-electron chi connectivity index (χ0n) is 12.0. The van der Waals surface area contributed by atoms with Crippen molar-refractivity contribution in [3.63, 3.8) is 0 Å². The maximum absolute atomic E-state index is 11.0. The summed E-state index contributed by atoms with van der Waals surface area (Å²) in [5, 5.41) is 14.6. The van der Waals surface area contributed by atoms with Gasteiger partial charge in [0.05, 0.1) is 0 Å². The van der Waals surface area contributed by atoms with Gasteiger partial charge in [-0.05, 0) is 13.8 Å². The fourth-order valence-electron chi connectivity index (χ4n) is 1.34. The number of carboxylic acid groups (broad SMARTS) is 1. The third kappa shape index (κ3) is 6.25. The molecule has 1 unspecified atom stereocenters. The number of carbonyl (C=O) groups is 2. The molecular formula is C11H18N6O3S. The van der Waals surface area contributed by atoms with Gasteiger partial charge in [0.25, 0.3) is 0 Å². The van der Waals surface area contributed by atoms with E-state index in [0.717, 1.165) is 11.8 Å². The van der Waals surface area contributed by atoms with Gasteiger partial charge >= 0.3 is 5.97 Å². The normalized spacial score (nSPS) is 12.0. The fourth-order valence-corrected chi connectivity index (χ4v) is 2.19. The summed E-state index contributed by atoms with van der Waals surface area (Å²) in [6.45, 7) is 5.10. The summed E-state index contributed by atoms with van der Waals surface area (Å²) in [7, 11) is 0. The highest BCUT2D eigenvalue weighted by atomic mass is 32.2. The quantitative estimate of drug-likeness (QED) is 0.509. The third-order valence-electron chi connectivity index (χ3n) is 2.10.